The second kappa shape index (κ2) is 9.22. The molecule has 3 aromatic rings. The largest absolute Gasteiger partial charge is 0.486 e. The minimum Gasteiger partial charge on any atom is -0.486 e. The number of nitrogens with zero attached hydrogens (tertiary/aromatic N) is 2. The Labute approximate surface area is 204 Å². The van der Waals surface area contributed by atoms with E-state index < -0.39 is 15.9 Å². The number of ether oxygens (including phenoxy) is 2. The quantitative estimate of drug-likeness (QED) is 0.532. The van der Waals surface area contributed by atoms with Crippen molar-refractivity contribution in [2.45, 2.75) is 17.1 Å². The molecule has 4 heterocycles. The van der Waals surface area contributed by atoms with E-state index in [2.05, 4.69) is 10.3 Å². The van der Waals surface area contributed by atoms with Gasteiger partial charge in [0.2, 0.25) is 5.91 Å². The van der Waals surface area contributed by atoms with Crippen molar-refractivity contribution in [2.75, 3.05) is 31.6 Å². The predicted octanol–water partition coefficient (Wildman–Crippen LogP) is 4.34. The number of nitrogens with one attached hydrogen (secondary N) is 1. The number of thiophene rings is 1. The van der Waals surface area contributed by atoms with Crippen LogP contribution in [-0.4, -0.2) is 49.9 Å². The van der Waals surface area contributed by atoms with Crippen LogP contribution in [0.5, 0.6) is 11.5 Å². The fourth-order valence-corrected chi connectivity index (χ4v) is 7.70. The first-order chi connectivity index (χ1) is 15.9. The van der Waals surface area contributed by atoms with Gasteiger partial charge in [-0.2, -0.15) is 4.31 Å². The van der Waals surface area contributed by atoms with E-state index in [0.29, 0.717) is 53.6 Å². The van der Waals surface area contributed by atoms with Gasteiger partial charge in [-0.15, -0.1) is 22.7 Å². The molecule has 0 radical (unpaired) electrons. The molecule has 8 nitrogen and oxygen atoms in total. The molecule has 12 heteroatoms. The number of hydrogen-bond acceptors (Lipinski definition) is 8. The predicted molar refractivity (Wildman–Crippen MR) is 128 cm³/mol. The van der Waals surface area contributed by atoms with Crippen molar-refractivity contribution in [3.63, 3.8) is 0 Å². The molecule has 0 aliphatic carbocycles. The van der Waals surface area contributed by atoms with Crippen LogP contribution in [0.3, 0.4) is 0 Å². The van der Waals surface area contributed by atoms with E-state index >= 15 is 0 Å². The fraction of sp³-hybridized carbons (Fsp3) is 0.333. The number of benzene rings is 1. The molecule has 0 bridgehead atoms. The van der Waals surface area contributed by atoms with Gasteiger partial charge in [0.1, 0.15) is 17.4 Å². The van der Waals surface area contributed by atoms with Crippen LogP contribution in [0.15, 0.2) is 39.9 Å². The molecule has 1 fully saturated rings. The van der Waals surface area contributed by atoms with E-state index in [4.69, 9.17) is 21.1 Å². The molecule has 0 spiro atoms. The maximum atomic E-state index is 12.9. The summed E-state index contributed by atoms with van der Waals surface area (Å²) >= 11 is 8.25. The maximum Gasteiger partial charge on any atom is 0.252 e. The highest BCUT2D eigenvalue weighted by Gasteiger charge is 2.34. The first-order valence-electron chi connectivity index (χ1n) is 10.3. The van der Waals surface area contributed by atoms with Crippen molar-refractivity contribution >= 4 is 55.3 Å². The SMILES string of the molecule is O=C(Nc1nc(-c2ccc3c(c2)OCCO3)cs1)C1CCCN(S(=O)(=O)c2ccc(Cl)s2)C1. The molecule has 2 aromatic heterocycles. The Hall–Kier alpha value is -2.18. The molecule has 174 valence electrons. The summed E-state index contributed by atoms with van der Waals surface area (Å²) in [7, 11) is -3.67. The van der Waals surface area contributed by atoms with Crippen LogP contribution < -0.4 is 14.8 Å². The average Bonchev–Trinajstić information content (AvgIpc) is 3.48. The summed E-state index contributed by atoms with van der Waals surface area (Å²) in [4.78, 5) is 17.4. The Bertz CT molecular complexity index is 1290. The Morgan fingerprint density at radius 1 is 1.18 bits per heavy atom. The van der Waals surface area contributed by atoms with Gasteiger partial charge in [-0.3, -0.25) is 4.79 Å². The van der Waals surface area contributed by atoms with E-state index in [9.17, 15) is 13.2 Å². The highest BCUT2D eigenvalue weighted by atomic mass is 35.5. The van der Waals surface area contributed by atoms with Crippen LogP contribution in [0, 0.1) is 5.92 Å². The summed E-state index contributed by atoms with van der Waals surface area (Å²) in [5, 5.41) is 5.18. The Morgan fingerprint density at radius 2 is 2.00 bits per heavy atom. The smallest absolute Gasteiger partial charge is 0.252 e. The lowest BCUT2D eigenvalue weighted by atomic mass is 9.99. The van der Waals surface area contributed by atoms with Crippen LogP contribution in [-0.2, 0) is 14.8 Å². The van der Waals surface area contributed by atoms with Crippen molar-refractivity contribution in [1.82, 2.24) is 9.29 Å². The van der Waals surface area contributed by atoms with Crippen LogP contribution in [0.4, 0.5) is 5.13 Å². The van der Waals surface area contributed by atoms with Crippen LogP contribution in [0.1, 0.15) is 12.8 Å². The summed E-state index contributed by atoms with van der Waals surface area (Å²) in [5.74, 6) is 0.691. The number of sulfonamides is 1. The summed E-state index contributed by atoms with van der Waals surface area (Å²) in [5.41, 5.74) is 1.58. The topological polar surface area (TPSA) is 97.8 Å². The van der Waals surface area contributed by atoms with E-state index in [0.717, 1.165) is 22.6 Å². The highest BCUT2D eigenvalue weighted by Crippen LogP contribution is 2.36. The van der Waals surface area contributed by atoms with Crippen LogP contribution in [0.2, 0.25) is 4.34 Å². The van der Waals surface area contributed by atoms with Gasteiger partial charge < -0.3 is 14.8 Å². The van der Waals surface area contributed by atoms with Crippen molar-refractivity contribution in [3.8, 4) is 22.8 Å². The Balaban J connectivity index is 1.26. The number of amides is 1. The molecule has 1 saturated heterocycles. The van der Waals surface area contributed by atoms with Gasteiger partial charge in [0.05, 0.1) is 15.9 Å². The minimum absolute atomic E-state index is 0.129. The number of piperidine rings is 1. The maximum absolute atomic E-state index is 12.9. The summed E-state index contributed by atoms with van der Waals surface area (Å²) in [6.45, 7) is 1.54. The van der Waals surface area contributed by atoms with Crippen molar-refractivity contribution in [3.05, 3.63) is 40.0 Å². The number of rotatable bonds is 5. The molecule has 1 aromatic carbocycles. The van der Waals surface area contributed by atoms with Gasteiger partial charge in [-0.25, -0.2) is 13.4 Å². The second-order valence-electron chi connectivity index (χ2n) is 7.65. The van der Waals surface area contributed by atoms with Gasteiger partial charge in [0.25, 0.3) is 10.0 Å². The molecule has 1 atom stereocenters. The molecular formula is C21H20ClN3O5S3. The zero-order valence-electron chi connectivity index (χ0n) is 17.3. The fourth-order valence-electron chi connectivity index (χ4n) is 3.81. The van der Waals surface area contributed by atoms with Crippen LogP contribution >= 0.6 is 34.3 Å². The molecule has 2 aliphatic heterocycles. The standard InChI is InChI=1S/C21H20ClN3O5S3/c22-18-5-6-19(32-18)33(27,28)25-7-1-2-14(11-25)20(26)24-21-23-15(12-31-21)13-3-4-16-17(10-13)30-9-8-29-16/h3-6,10,12,14H,1-2,7-9,11H2,(H,23,24,26). The summed E-state index contributed by atoms with van der Waals surface area (Å²) < 4.78 is 39.0. The number of halogens is 1. The van der Waals surface area contributed by atoms with Crippen molar-refractivity contribution < 1.29 is 22.7 Å². The minimum atomic E-state index is -3.67. The zero-order chi connectivity index (χ0) is 23.0. The van der Waals surface area contributed by atoms with Gasteiger partial charge in [-0.05, 0) is 43.2 Å². The van der Waals surface area contributed by atoms with Gasteiger partial charge in [0, 0.05) is 24.0 Å². The number of hydrogen-bond donors (Lipinski definition) is 1. The lowest BCUT2D eigenvalue weighted by molar-refractivity contribution is -0.120. The summed E-state index contributed by atoms with van der Waals surface area (Å²) in [6, 6.07) is 8.68. The number of carbonyl (C=O) groups excluding carboxylic acids is 1. The van der Waals surface area contributed by atoms with E-state index in [1.54, 1.807) is 6.07 Å². The number of aromatic nitrogens is 1. The molecule has 5 rings (SSSR count). The van der Waals surface area contributed by atoms with E-state index in [1.165, 1.54) is 21.7 Å². The Kier molecular flexibility index (Phi) is 6.32. The Morgan fingerprint density at radius 3 is 2.79 bits per heavy atom. The molecule has 2 aliphatic rings. The number of thiazole rings is 1. The lowest BCUT2D eigenvalue weighted by Crippen LogP contribution is -2.43. The molecule has 33 heavy (non-hydrogen) atoms. The third-order valence-electron chi connectivity index (χ3n) is 5.47. The van der Waals surface area contributed by atoms with Crippen molar-refractivity contribution in [2.24, 2.45) is 5.92 Å². The normalized spacial score (nSPS) is 18.8. The average molecular weight is 526 g/mol. The molecule has 1 N–H and O–H groups in total. The molecule has 0 saturated carbocycles. The van der Waals surface area contributed by atoms with Gasteiger partial charge in [0.15, 0.2) is 16.6 Å². The molecule has 1 unspecified atom stereocenters. The number of fused-ring (bicyclic) bond motifs is 1. The molecular weight excluding hydrogens is 506 g/mol. The van der Waals surface area contributed by atoms with Gasteiger partial charge in [-0.1, -0.05) is 11.6 Å². The number of anilines is 1. The monoisotopic (exact) mass is 525 g/mol. The zero-order valence-corrected chi connectivity index (χ0v) is 20.5. The van der Waals surface area contributed by atoms with E-state index in [-0.39, 0.29) is 16.7 Å². The second-order valence-corrected chi connectivity index (χ2v) is 12.4. The molecule has 1 amide bonds. The lowest BCUT2D eigenvalue weighted by Gasteiger charge is -2.30. The van der Waals surface area contributed by atoms with Gasteiger partial charge >= 0.3 is 0 Å². The van der Waals surface area contributed by atoms with Crippen molar-refractivity contribution in [1.29, 1.82) is 0 Å². The first kappa shape index (κ1) is 22.6. The number of carbonyl (C=O) groups is 1. The first-order valence-corrected chi connectivity index (χ1v) is 13.8. The third kappa shape index (κ3) is 4.73. The third-order valence-corrected chi connectivity index (χ3v) is 9.79. The highest BCUT2D eigenvalue weighted by molar-refractivity contribution is 7.91. The van der Waals surface area contributed by atoms with Crippen LogP contribution in [0.25, 0.3) is 11.3 Å². The van der Waals surface area contributed by atoms with E-state index in [1.807, 2.05) is 23.6 Å². The summed E-state index contributed by atoms with van der Waals surface area (Å²) in [6.07, 6.45) is 1.22.